The summed E-state index contributed by atoms with van der Waals surface area (Å²) in [7, 11) is 0. The Kier molecular flexibility index (Phi) is 27.6. The molecule has 4 saturated heterocycles. The highest BCUT2D eigenvalue weighted by atomic mass is 16.8. The number of nitrogens with zero attached hydrogens (tertiary/aromatic N) is 1. The lowest BCUT2D eigenvalue weighted by Crippen LogP contribution is -2.72. The maximum absolute atomic E-state index is 13.7. The fourth-order valence-corrected chi connectivity index (χ4v) is 10.1. The minimum Gasteiger partial charge on any atom is -0.463 e. The predicted octanol–water partition coefficient (Wildman–Crippen LogP) is -1.19. The molecule has 93 heavy (non-hydrogen) atoms. The van der Waals surface area contributed by atoms with Crippen molar-refractivity contribution in [2.45, 2.75) is 213 Å². The van der Waals surface area contributed by atoms with Gasteiger partial charge < -0.3 is 101 Å². The SMILES string of the molecule is CC(=O)N[C@H]1[C@H](O[C@H]2[C@@H](OC(C)=O)[C@@H](COC(C)=O)O[C@@H](O[C@@H]3[C@@H](NC(C)=O)[C@H](Oc4ccc([N+](=O)[O-])cc4)O[C@H](COC(C)=O)[C@H]3OC(C)=O)[C@@H]2OC(C)=O)O[C@H](COC(C)=O)[C@@H](OC(C)=O)[C@@H]1O[C@@H]1O[C@H](COC(C)=O)[C@H](OC(C)=O)[C@H](OC(C)=O)[C@H]1OC(C)=O. The molecule has 0 aromatic heterocycles. The normalized spacial score (nSPS) is 30.5. The lowest BCUT2D eigenvalue weighted by atomic mass is 9.93. The minimum absolute atomic E-state index is 0.136. The predicted molar refractivity (Wildman–Crippen MR) is 294 cm³/mol. The minimum atomic E-state index is -2.24. The van der Waals surface area contributed by atoms with E-state index in [0.29, 0.717) is 0 Å². The second kappa shape index (κ2) is 34.2. The van der Waals surface area contributed by atoms with Gasteiger partial charge in [-0.3, -0.25) is 72.4 Å². The molecule has 5 rings (SSSR count). The number of nitrogens with one attached hydrogen (secondary N) is 2. The van der Waals surface area contributed by atoms with Crippen molar-refractivity contribution in [2.24, 2.45) is 0 Å². The summed E-state index contributed by atoms with van der Waals surface area (Å²) in [6, 6.07) is 0.717. The van der Waals surface area contributed by atoms with E-state index >= 15 is 0 Å². The maximum atomic E-state index is 13.7. The molecule has 37 heteroatoms. The molecule has 4 heterocycles. The summed E-state index contributed by atoms with van der Waals surface area (Å²) in [4.78, 5) is 180. The zero-order chi connectivity index (χ0) is 69.3. The molecule has 2 amide bonds. The van der Waals surface area contributed by atoms with Crippen molar-refractivity contribution in [3.8, 4) is 5.75 Å². The summed E-state index contributed by atoms with van der Waals surface area (Å²) in [5, 5.41) is 16.7. The molecule has 0 unspecified atom stereocenters. The van der Waals surface area contributed by atoms with E-state index in [4.69, 9.17) is 90.0 Å². The van der Waals surface area contributed by atoms with Crippen molar-refractivity contribution in [3.05, 3.63) is 34.4 Å². The number of non-ortho nitro benzene ring substituents is 1. The van der Waals surface area contributed by atoms with Crippen LogP contribution < -0.4 is 15.4 Å². The molecule has 1 aromatic carbocycles. The first kappa shape index (κ1) is 75.0. The van der Waals surface area contributed by atoms with E-state index in [2.05, 4.69) is 10.6 Å². The van der Waals surface area contributed by atoms with E-state index < -0.39 is 232 Å². The van der Waals surface area contributed by atoms with Gasteiger partial charge in [0.2, 0.25) is 18.1 Å². The molecule has 1 aromatic rings. The summed E-state index contributed by atoms with van der Waals surface area (Å²) < 4.78 is 113. The smallest absolute Gasteiger partial charge is 0.303 e. The second-order valence-corrected chi connectivity index (χ2v) is 21.0. The molecule has 0 radical (unpaired) electrons. The number of nitro groups is 1. The van der Waals surface area contributed by atoms with E-state index in [1.807, 2.05) is 0 Å². The zero-order valence-electron chi connectivity index (χ0n) is 52.5. The van der Waals surface area contributed by atoms with Gasteiger partial charge in [-0.2, -0.15) is 0 Å². The average Bonchev–Trinajstić information content (AvgIpc) is 0.768. The molecule has 20 atom stereocenters. The number of nitro benzene ring substituents is 1. The van der Waals surface area contributed by atoms with Gasteiger partial charge in [-0.25, -0.2) is 0 Å². The number of carbonyl (C=O) groups excluding carboxylic acids is 13. The van der Waals surface area contributed by atoms with Crippen LogP contribution in [0.5, 0.6) is 5.75 Å². The molecule has 37 nitrogen and oxygen atoms in total. The number of rotatable bonds is 26. The van der Waals surface area contributed by atoms with Crippen LogP contribution in [-0.4, -0.2) is 232 Å². The molecule has 4 fully saturated rings. The third-order valence-corrected chi connectivity index (χ3v) is 13.3. The Hall–Kier alpha value is -8.75. The Morgan fingerprint density at radius 3 is 0.946 bits per heavy atom. The number of ether oxygens (including phenoxy) is 19. The molecule has 2 N–H and O–H groups in total. The van der Waals surface area contributed by atoms with Gasteiger partial charge in [-0.05, 0) is 12.1 Å². The van der Waals surface area contributed by atoms with Gasteiger partial charge in [0.1, 0.15) is 87.0 Å². The van der Waals surface area contributed by atoms with Crippen molar-refractivity contribution in [2.75, 3.05) is 26.4 Å². The van der Waals surface area contributed by atoms with Crippen molar-refractivity contribution < 1.29 is 157 Å². The van der Waals surface area contributed by atoms with Gasteiger partial charge in [0.25, 0.3) is 5.69 Å². The lowest BCUT2D eigenvalue weighted by molar-refractivity contribution is -0.384. The first-order valence-corrected chi connectivity index (χ1v) is 28.4. The van der Waals surface area contributed by atoms with Crippen LogP contribution in [0.4, 0.5) is 5.69 Å². The van der Waals surface area contributed by atoms with Crippen LogP contribution >= 0.6 is 0 Å². The Balaban J connectivity index is 1.81. The molecule has 4 aliphatic heterocycles. The van der Waals surface area contributed by atoms with E-state index in [-0.39, 0.29) is 11.4 Å². The van der Waals surface area contributed by atoms with Gasteiger partial charge >= 0.3 is 65.7 Å². The topological polar surface area (TPSA) is 464 Å². The highest BCUT2D eigenvalue weighted by molar-refractivity contribution is 5.74. The number of amides is 2. The van der Waals surface area contributed by atoms with Crippen LogP contribution in [0.3, 0.4) is 0 Å². The van der Waals surface area contributed by atoms with Crippen molar-refractivity contribution in [1.29, 1.82) is 0 Å². The third kappa shape index (κ3) is 22.2. The standard InChI is InChI=1S/C56H73N3O34/c1-22(60)57-41-47(43(79-28(7)66)37(18-75-24(3)62)87-53(41)86-36-16-14-35(15-17-36)59(73)74)91-56-52(85-34(13)72)50(46(82-31(10)69)40(90-56)21-78-27(6)65)93-54-42(58-23(2)61)48(44(80-29(8)67)38(88-54)19-76-25(4)63)92-55-51(84-33(12)71)49(83-32(11)70)45(81-30(9)68)39(89-55)20-77-26(5)64/h14-17,37-56H,18-21H2,1-13H3,(H,57,60)(H,58,61)/t37-,38-,39-,40-,41-,42-,43-,44-,45+,46+,47-,48-,49+,50+,51-,52-,53-,54+,55+,56+/m1/s1. The third-order valence-electron chi connectivity index (χ3n) is 13.3. The fourth-order valence-electron chi connectivity index (χ4n) is 10.1. The van der Waals surface area contributed by atoms with E-state index in [1.54, 1.807) is 0 Å². The molecule has 0 bridgehead atoms. The van der Waals surface area contributed by atoms with Crippen molar-refractivity contribution in [3.63, 3.8) is 0 Å². The van der Waals surface area contributed by atoms with Crippen LogP contribution in [0.2, 0.25) is 0 Å². The quantitative estimate of drug-likeness (QED) is 0.0477. The first-order chi connectivity index (χ1) is 43.6. The molecular formula is C56H73N3O34. The molecule has 516 valence electrons. The highest BCUT2D eigenvalue weighted by Crippen LogP contribution is 2.40. The Morgan fingerprint density at radius 2 is 0.624 bits per heavy atom. The van der Waals surface area contributed by atoms with E-state index in [0.717, 1.165) is 114 Å². The van der Waals surface area contributed by atoms with Gasteiger partial charge in [-0.1, -0.05) is 0 Å². The number of hydrogen-bond donors (Lipinski definition) is 2. The number of benzene rings is 1. The maximum Gasteiger partial charge on any atom is 0.303 e. The summed E-state index contributed by atoms with van der Waals surface area (Å²) in [6.45, 7) is 9.16. The lowest BCUT2D eigenvalue weighted by Gasteiger charge is -2.52. The van der Waals surface area contributed by atoms with Crippen LogP contribution in [0, 0.1) is 10.1 Å². The molecular weight excluding hydrogens is 1260 g/mol. The largest absolute Gasteiger partial charge is 0.463 e. The molecule has 0 spiro atoms. The highest BCUT2D eigenvalue weighted by Gasteiger charge is 2.61. The first-order valence-electron chi connectivity index (χ1n) is 28.4. The van der Waals surface area contributed by atoms with E-state index in [1.165, 1.54) is 0 Å². The van der Waals surface area contributed by atoms with Gasteiger partial charge in [0, 0.05) is 102 Å². The van der Waals surface area contributed by atoms with Crippen LogP contribution in [0.25, 0.3) is 0 Å². The van der Waals surface area contributed by atoms with Crippen molar-refractivity contribution in [1.82, 2.24) is 10.6 Å². The van der Waals surface area contributed by atoms with Crippen LogP contribution in [0.15, 0.2) is 24.3 Å². The number of hydrogen-bond acceptors (Lipinski definition) is 34. The van der Waals surface area contributed by atoms with Crippen LogP contribution in [-0.2, 0) is 148 Å². The second-order valence-electron chi connectivity index (χ2n) is 21.0. The van der Waals surface area contributed by atoms with Gasteiger partial charge in [0.15, 0.2) is 61.6 Å². The number of carbonyl (C=O) groups is 13. The molecule has 4 aliphatic rings. The monoisotopic (exact) mass is 1330 g/mol. The summed E-state index contributed by atoms with van der Waals surface area (Å²) in [5.74, 6) is -13.3. The Morgan fingerprint density at radius 1 is 0.355 bits per heavy atom. The van der Waals surface area contributed by atoms with E-state index in [9.17, 15) is 72.4 Å². The summed E-state index contributed by atoms with van der Waals surface area (Å²) in [5.41, 5.74) is -0.371. The average molecular weight is 1330 g/mol. The summed E-state index contributed by atoms with van der Waals surface area (Å²) >= 11 is 0. The van der Waals surface area contributed by atoms with Crippen molar-refractivity contribution >= 4 is 83.2 Å². The Bertz CT molecular complexity index is 2910. The summed E-state index contributed by atoms with van der Waals surface area (Å²) in [6.07, 6.45) is -35.2. The Labute approximate surface area is 529 Å². The van der Waals surface area contributed by atoms with Gasteiger partial charge in [0.05, 0.1) is 4.92 Å². The van der Waals surface area contributed by atoms with Crippen LogP contribution in [0.1, 0.15) is 90.0 Å². The number of esters is 11. The molecule has 0 saturated carbocycles. The zero-order valence-corrected chi connectivity index (χ0v) is 52.5. The van der Waals surface area contributed by atoms with Gasteiger partial charge in [-0.15, -0.1) is 0 Å². The fraction of sp³-hybridized carbons (Fsp3) is 0.661. The molecule has 0 aliphatic carbocycles.